The number of hydrogen-bond donors (Lipinski definition) is 1. The minimum atomic E-state index is -4.64. The van der Waals surface area contributed by atoms with Crippen LogP contribution in [0.15, 0.2) is 48.5 Å². The van der Waals surface area contributed by atoms with Gasteiger partial charge >= 0.3 is 6.18 Å². The highest BCUT2D eigenvalue weighted by molar-refractivity contribution is 5.83. The van der Waals surface area contributed by atoms with E-state index in [1.807, 2.05) is 0 Å². The van der Waals surface area contributed by atoms with Gasteiger partial charge in [-0.05, 0) is 79.5 Å². The summed E-state index contributed by atoms with van der Waals surface area (Å²) in [6.45, 7) is 6.33. The van der Waals surface area contributed by atoms with Crippen LogP contribution in [0.3, 0.4) is 0 Å². The Kier molecular flexibility index (Phi) is 8.66. The molecule has 2 unspecified atom stereocenters. The van der Waals surface area contributed by atoms with Crippen LogP contribution in [0.4, 0.5) is 17.6 Å². The minimum absolute atomic E-state index is 0.0700. The van der Waals surface area contributed by atoms with E-state index < -0.39 is 23.0 Å². The predicted molar refractivity (Wildman–Crippen MR) is 155 cm³/mol. The number of nitrogens with zero attached hydrogens (tertiary/aromatic N) is 1. The lowest BCUT2D eigenvalue weighted by Gasteiger charge is -2.46. The molecule has 2 aromatic rings. The third-order valence-electron chi connectivity index (χ3n) is 10.1. The van der Waals surface area contributed by atoms with Crippen LogP contribution in [0.25, 0.3) is 6.08 Å². The first-order chi connectivity index (χ1) is 19.6. The Labute approximate surface area is 241 Å². The molecule has 0 aromatic heterocycles. The molecule has 3 aliphatic rings. The van der Waals surface area contributed by atoms with E-state index in [2.05, 4.69) is 60.5 Å². The first-order valence-corrected chi connectivity index (χ1v) is 15.2. The quantitative estimate of drug-likeness (QED) is 0.243. The van der Waals surface area contributed by atoms with Crippen molar-refractivity contribution in [1.82, 2.24) is 10.2 Å². The van der Waals surface area contributed by atoms with Crippen molar-refractivity contribution < 1.29 is 22.4 Å². The summed E-state index contributed by atoms with van der Waals surface area (Å²) in [4.78, 5) is 16.3. The number of halogens is 4. The van der Waals surface area contributed by atoms with E-state index in [1.54, 1.807) is 0 Å². The van der Waals surface area contributed by atoms with Crippen molar-refractivity contribution in [3.05, 3.63) is 76.6 Å². The summed E-state index contributed by atoms with van der Waals surface area (Å²) in [5, 5.41) is 2.91. The van der Waals surface area contributed by atoms with E-state index in [0.717, 1.165) is 83.0 Å². The molecule has 1 saturated heterocycles. The topological polar surface area (TPSA) is 32.3 Å². The fraction of sp³-hybridized carbons (Fsp3) is 0.559. The second kappa shape index (κ2) is 11.9. The maximum atomic E-state index is 14.0. The molecule has 4 atom stereocenters. The predicted octanol–water partition coefficient (Wildman–Crippen LogP) is 8.28. The molecule has 1 spiro atoms. The number of fused-ring (bicyclic) bond motifs is 2. The SMILES string of the molecule is CCCCCCC1(C(=O)NCc2cc(F)cc(C(F)(F)F)c2)CCC(N2CC[C@@]3(C=Cc4ccccc43)[C@@H](C)C2)C1. The third kappa shape index (κ3) is 6.11. The number of hydrogen-bond acceptors (Lipinski definition) is 2. The van der Waals surface area contributed by atoms with Crippen molar-refractivity contribution in [3.8, 4) is 0 Å². The average Bonchev–Trinajstić information content (AvgIpc) is 3.54. The Morgan fingerprint density at radius 2 is 1.90 bits per heavy atom. The standard InChI is InChI=1S/C34H42F4N2O/c1-3-4-5-8-13-32(31(41)39-22-25-18-27(34(36,37)38)20-28(35)19-25)14-12-29(21-32)40-17-16-33(24(2)23-40)15-11-26-9-6-7-10-30(26)33/h6-7,9-11,15,18-20,24,29H,3-5,8,12-14,16-17,21-23H2,1-2H3,(H,39,41)/t24-,29?,32?,33-/m0/s1. The summed E-state index contributed by atoms with van der Waals surface area (Å²) < 4.78 is 53.6. The first-order valence-electron chi connectivity index (χ1n) is 15.2. The fourth-order valence-corrected chi connectivity index (χ4v) is 7.69. The highest BCUT2D eigenvalue weighted by atomic mass is 19.4. The second-order valence-corrected chi connectivity index (χ2v) is 12.6. The van der Waals surface area contributed by atoms with Crippen molar-refractivity contribution in [3.63, 3.8) is 0 Å². The average molecular weight is 571 g/mol. The Bertz CT molecular complexity index is 1270. The number of unbranched alkanes of at least 4 members (excludes halogenated alkanes) is 3. The highest BCUT2D eigenvalue weighted by Gasteiger charge is 2.49. The molecule has 5 rings (SSSR count). The molecule has 0 radical (unpaired) electrons. The summed E-state index contributed by atoms with van der Waals surface area (Å²) in [5.74, 6) is -0.611. The van der Waals surface area contributed by atoms with Gasteiger partial charge in [-0.25, -0.2) is 4.39 Å². The monoisotopic (exact) mass is 570 g/mol. The Balaban J connectivity index is 1.27. The van der Waals surface area contributed by atoms with Crippen LogP contribution in [0, 0.1) is 17.2 Å². The van der Waals surface area contributed by atoms with Crippen molar-refractivity contribution >= 4 is 12.0 Å². The molecule has 7 heteroatoms. The maximum absolute atomic E-state index is 14.0. The van der Waals surface area contributed by atoms with Crippen molar-refractivity contribution in [2.75, 3.05) is 13.1 Å². The number of benzene rings is 2. The number of carbonyl (C=O) groups is 1. The molecule has 222 valence electrons. The van der Waals surface area contributed by atoms with E-state index in [0.29, 0.717) is 18.0 Å². The van der Waals surface area contributed by atoms with Crippen LogP contribution in [-0.2, 0) is 22.9 Å². The Hall–Kier alpha value is -2.67. The lowest BCUT2D eigenvalue weighted by atomic mass is 9.67. The molecule has 1 aliphatic heterocycles. The van der Waals surface area contributed by atoms with Gasteiger partial charge in [0.05, 0.1) is 11.0 Å². The van der Waals surface area contributed by atoms with Crippen molar-refractivity contribution in [2.45, 2.75) is 95.8 Å². The minimum Gasteiger partial charge on any atom is -0.352 e. The molecule has 0 bridgehead atoms. The van der Waals surface area contributed by atoms with Gasteiger partial charge in [-0.15, -0.1) is 0 Å². The molecule has 1 saturated carbocycles. The van der Waals surface area contributed by atoms with Gasteiger partial charge in [0.1, 0.15) is 5.82 Å². The van der Waals surface area contributed by atoms with Gasteiger partial charge in [0.15, 0.2) is 0 Å². The lowest BCUT2D eigenvalue weighted by molar-refractivity contribution is -0.137. The molecule has 1 N–H and O–H groups in total. The van der Waals surface area contributed by atoms with E-state index in [1.165, 1.54) is 11.1 Å². The molecule has 1 heterocycles. The molecule has 3 nitrogen and oxygen atoms in total. The van der Waals surface area contributed by atoms with Crippen molar-refractivity contribution in [2.24, 2.45) is 11.3 Å². The zero-order chi connectivity index (χ0) is 29.3. The zero-order valence-corrected chi connectivity index (χ0v) is 24.2. The normalized spacial score (nSPS) is 27.9. The van der Waals surface area contributed by atoms with Gasteiger partial charge in [0.2, 0.25) is 5.91 Å². The maximum Gasteiger partial charge on any atom is 0.416 e. The van der Waals surface area contributed by atoms with Gasteiger partial charge in [-0.1, -0.05) is 75.9 Å². The van der Waals surface area contributed by atoms with Gasteiger partial charge < -0.3 is 5.32 Å². The largest absolute Gasteiger partial charge is 0.416 e. The van der Waals surface area contributed by atoms with Gasteiger partial charge in [0.25, 0.3) is 0 Å². The van der Waals surface area contributed by atoms with E-state index in [9.17, 15) is 22.4 Å². The molecule has 2 fully saturated rings. The summed E-state index contributed by atoms with van der Waals surface area (Å²) in [6.07, 6.45) is 8.54. The number of nitrogens with one attached hydrogen (secondary N) is 1. The number of amides is 1. The molecular formula is C34H42F4N2O. The number of piperidine rings is 1. The molecule has 1 amide bonds. The fourth-order valence-electron chi connectivity index (χ4n) is 7.69. The van der Waals surface area contributed by atoms with E-state index >= 15 is 0 Å². The van der Waals surface area contributed by atoms with Crippen LogP contribution in [0.2, 0.25) is 0 Å². The molecule has 2 aromatic carbocycles. The lowest BCUT2D eigenvalue weighted by Crippen LogP contribution is -2.51. The molecule has 41 heavy (non-hydrogen) atoms. The number of alkyl halides is 3. The highest BCUT2D eigenvalue weighted by Crippen LogP contribution is 2.50. The number of carbonyl (C=O) groups excluding carboxylic acids is 1. The Morgan fingerprint density at radius 3 is 2.66 bits per heavy atom. The van der Waals surface area contributed by atoms with E-state index in [-0.39, 0.29) is 23.4 Å². The Morgan fingerprint density at radius 1 is 1.10 bits per heavy atom. The van der Waals surface area contributed by atoms with Crippen molar-refractivity contribution in [1.29, 1.82) is 0 Å². The molecule has 2 aliphatic carbocycles. The summed E-state index contributed by atoms with van der Waals surface area (Å²) >= 11 is 0. The van der Waals surface area contributed by atoms with Gasteiger partial charge in [0, 0.05) is 24.5 Å². The summed E-state index contributed by atoms with van der Waals surface area (Å²) in [7, 11) is 0. The number of rotatable bonds is 9. The van der Waals surface area contributed by atoms with Crippen LogP contribution < -0.4 is 5.32 Å². The van der Waals surface area contributed by atoms with Crippen LogP contribution in [-0.4, -0.2) is 29.9 Å². The molecular weight excluding hydrogens is 528 g/mol. The van der Waals surface area contributed by atoms with Gasteiger partial charge in [-0.3, -0.25) is 9.69 Å². The number of allylic oxidation sites excluding steroid dienone is 1. The third-order valence-corrected chi connectivity index (χ3v) is 10.1. The first kappa shape index (κ1) is 29.8. The van der Waals surface area contributed by atoms with Crippen LogP contribution >= 0.6 is 0 Å². The smallest absolute Gasteiger partial charge is 0.352 e. The number of likely N-dealkylation sites (tertiary alicyclic amines) is 1. The van der Waals surface area contributed by atoms with E-state index in [4.69, 9.17) is 0 Å². The summed E-state index contributed by atoms with van der Waals surface area (Å²) in [6, 6.07) is 11.5. The van der Waals surface area contributed by atoms with Crippen LogP contribution in [0.1, 0.15) is 93.9 Å². The zero-order valence-electron chi connectivity index (χ0n) is 24.2. The van der Waals surface area contributed by atoms with Crippen LogP contribution in [0.5, 0.6) is 0 Å². The second-order valence-electron chi connectivity index (χ2n) is 12.6. The summed E-state index contributed by atoms with van der Waals surface area (Å²) in [5.41, 5.74) is 1.36. The van der Waals surface area contributed by atoms with Gasteiger partial charge in [-0.2, -0.15) is 13.2 Å².